The van der Waals surface area contributed by atoms with E-state index in [1.165, 1.54) is 0 Å². The van der Waals surface area contributed by atoms with Crippen molar-refractivity contribution in [3.05, 3.63) is 29.6 Å². The summed E-state index contributed by atoms with van der Waals surface area (Å²) in [7, 11) is 2.11. The van der Waals surface area contributed by atoms with Crippen LogP contribution in [0.1, 0.15) is 22.6 Å². The van der Waals surface area contributed by atoms with E-state index >= 15 is 0 Å². The van der Waals surface area contributed by atoms with Crippen LogP contribution >= 0.6 is 0 Å². The highest BCUT2D eigenvalue weighted by molar-refractivity contribution is 5.92. The molecule has 1 aromatic heterocycles. The van der Waals surface area contributed by atoms with Gasteiger partial charge >= 0.3 is 0 Å². The van der Waals surface area contributed by atoms with Crippen molar-refractivity contribution < 1.29 is 9.53 Å². The monoisotopic (exact) mass is 275 g/mol. The van der Waals surface area contributed by atoms with E-state index in [1.54, 1.807) is 6.07 Å². The molecule has 20 heavy (non-hydrogen) atoms. The van der Waals surface area contributed by atoms with Crippen LogP contribution < -0.4 is 0 Å². The summed E-state index contributed by atoms with van der Waals surface area (Å²) in [6, 6.07) is 5.90. The first kappa shape index (κ1) is 13.5. The lowest BCUT2D eigenvalue weighted by Crippen LogP contribution is -2.59. The van der Waals surface area contributed by atoms with E-state index in [4.69, 9.17) is 4.74 Å². The van der Waals surface area contributed by atoms with E-state index in [-0.39, 0.29) is 12.0 Å². The Balaban J connectivity index is 1.73. The number of carbonyl (C=O) groups is 1. The molecule has 108 valence electrons. The summed E-state index contributed by atoms with van der Waals surface area (Å²) in [6.07, 6.45) is 1.18. The Bertz CT molecular complexity index is 506. The van der Waals surface area contributed by atoms with Crippen molar-refractivity contribution >= 4 is 5.91 Å². The molecule has 1 amide bonds. The van der Waals surface area contributed by atoms with Crippen LogP contribution in [0.25, 0.3) is 0 Å². The van der Waals surface area contributed by atoms with Crippen molar-refractivity contribution in [2.24, 2.45) is 0 Å². The number of likely N-dealkylation sites (N-methyl/N-ethyl adjacent to an activating group) is 1. The van der Waals surface area contributed by atoms with Crippen molar-refractivity contribution in [2.45, 2.75) is 25.5 Å². The molecule has 0 spiro atoms. The molecule has 2 aliphatic heterocycles. The first-order valence-corrected chi connectivity index (χ1v) is 7.20. The van der Waals surface area contributed by atoms with E-state index < -0.39 is 0 Å². The van der Waals surface area contributed by atoms with E-state index in [2.05, 4.69) is 16.9 Å². The van der Waals surface area contributed by atoms with Gasteiger partial charge in [0.15, 0.2) is 0 Å². The number of ether oxygens (including phenoxy) is 1. The quantitative estimate of drug-likeness (QED) is 0.765. The highest BCUT2D eigenvalue weighted by Crippen LogP contribution is 2.22. The second kappa shape index (κ2) is 5.50. The van der Waals surface area contributed by atoms with Crippen molar-refractivity contribution in [3.8, 4) is 0 Å². The lowest BCUT2D eigenvalue weighted by molar-refractivity contribution is -0.0894. The van der Waals surface area contributed by atoms with Crippen molar-refractivity contribution in [1.82, 2.24) is 14.8 Å². The standard InChI is InChI=1S/C15H21N3O2/c1-11-4-3-5-12(16-11)15(19)18-7-6-14-13(10-18)17(2)8-9-20-14/h3-5,13-14H,6-10H2,1-2H3/t13-,14-/m0/s1. The topological polar surface area (TPSA) is 45.7 Å². The number of rotatable bonds is 1. The normalized spacial score (nSPS) is 27.2. The van der Waals surface area contributed by atoms with Gasteiger partial charge in [0.1, 0.15) is 5.69 Å². The third kappa shape index (κ3) is 2.55. The first-order chi connectivity index (χ1) is 9.65. The fourth-order valence-corrected chi connectivity index (χ4v) is 3.05. The molecule has 0 radical (unpaired) electrons. The van der Waals surface area contributed by atoms with Crippen LogP contribution in [0, 0.1) is 6.92 Å². The maximum atomic E-state index is 12.5. The molecule has 3 heterocycles. The molecule has 2 aliphatic rings. The average molecular weight is 275 g/mol. The third-order valence-electron chi connectivity index (χ3n) is 4.26. The summed E-state index contributed by atoms with van der Waals surface area (Å²) in [5.74, 6) is 0.0334. The zero-order valence-electron chi connectivity index (χ0n) is 12.1. The van der Waals surface area contributed by atoms with Crippen LogP contribution in [-0.2, 0) is 4.74 Å². The Morgan fingerprint density at radius 1 is 1.40 bits per heavy atom. The van der Waals surface area contributed by atoms with E-state index in [1.807, 2.05) is 24.0 Å². The van der Waals surface area contributed by atoms with Gasteiger partial charge in [-0.25, -0.2) is 4.98 Å². The Hall–Kier alpha value is -1.46. The van der Waals surface area contributed by atoms with Crippen LogP contribution in [0.2, 0.25) is 0 Å². The van der Waals surface area contributed by atoms with Crippen LogP contribution in [0.5, 0.6) is 0 Å². The Labute approximate surface area is 119 Å². The van der Waals surface area contributed by atoms with Crippen molar-refractivity contribution in [2.75, 3.05) is 33.3 Å². The van der Waals surface area contributed by atoms with Gasteiger partial charge in [0.2, 0.25) is 0 Å². The minimum absolute atomic E-state index is 0.0334. The number of morpholine rings is 1. The summed E-state index contributed by atoms with van der Waals surface area (Å²) in [4.78, 5) is 21.1. The number of amides is 1. The van der Waals surface area contributed by atoms with Crippen molar-refractivity contribution in [3.63, 3.8) is 0 Å². The highest BCUT2D eigenvalue weighted by atomic mass is 16.5. The molecule has 0 unspecified atom stereocenters. The van der Waals surface area contributed by atoms with Crippen LogP contribution in [0.4, 0.5) is 0 Å². The Morgan fingerprint density at radius 2 is 2.25 bits per heavy atom. The Kier molecular flexibility index (Phi) is 3.72. The summed E-state index contributed by atoms with van der Waals surface area (Å²) in [5, 5.41) is 0. The second-order valence-electron chi connectivity index (χ2n) is 5.66. The van der Waals surface area contributed by atoms with Gasteiger partial charge in [-0.3, -0.25) is 9.69 Å². The predicted octanol–water partition coefficient (Wildman–Crippen LogP) is 0.935. The third-order valence-corrected chi connectivity index (χ3v) is 4.26. The van der Waals surface area contributed by atoms with E-state index in [0.717, 1.165) is 38.4 Å². The molecular formula is C15H21N3O2. The zero-order valence-corrected chi connectivity index (χ0v) is 12.1. The molecule has 2 saturated heterocycles. The largest absolute Gasteiger partial charge is 0.375 e. The smallest absolute Gasteiger partial charge is 0.272 e. The molecule has 2 atom stereocenters. The molecule has 0 N–H and O–H groups in total. The summed E-state index contributed by atoms with van der Waals surface area (Å²) < 4.78 is 5.81. The van der Waals surface area contributed by atoms with Gasteiger partial charge in [-0.05, 0) is 32.5 Å². The fraction of sp³-hybridized carbons (Fsp3) is 0.600. The number of likely N-dealkylation sites (tertiary alicyclic amines) is 1. The molecule has 0 aliphatic carbocycles. The molecular weight excluding hydrogens is 254 g/mol. The van der Waals surface area contributed by atoms with Gasteiger partial charge in [-0.2, -0.15) is 0 Å². The molecule has 1 aromatic rings. The second-order valence-corrected chi connectivity index (χ2v) is 5.66. The number of aromatic nitrogens is 1. The van der Waals surface area contributed by atoms with E-state index in [0.29, 0.717) is 11.7 Å². The van der Waals surface area contributed by atoms with Crippen molar-refractivity contribution in [1.29, 1.82) is 0 Å². The predicted molar refractivity (Wildman–Crippen MR) is 75.7 cm³/mol. The average Bonchev–Trinajstić information content (AvgIpc) is 2.47. The van der Waals surface area contributed by atoms with Gasteiger partial charge in [-0.15, -0.1) is 0 Å². The van der Waals surface area contributed by atoms with Gasteiger partial charge in [0.05, 0.1) is 18.8 Å². The molecule has 5 nitrogen and oxygen atoms in total. The maximum Gasteiger partial charge on any atom is 0.272 e. The summed E-state index contributed by atoms with van der Waals surface area (Å²) in [5.41, 5.74) is 1.42. The number of piperidine rings is 1. The lowest BCUT2D eigenvalue weighted by atomic mass is 9.99. The molecule has 0 saturated carbocycles. The van der Waals surface area contributed by atoms with Crippen LogP contribution in [-0.4, -0.2) is 66.1 Å². The number of fused-ring (bicyclic) bond motifs is 1. The zero-order chi connectivity index (χ0) is 14.1. The maximum absolute atomic E-state index is 12.5. The van der Waals surface area contributed by atoms with E-state index in [9.17, 15) is 4.79 Å². The number of hydrogen-bond donors (Lipinski definition) is 0. The minimum atomic E-state index is 0.0334. The van der Waals surface area contributed by atoms with Gasteiger partial charge in [0.25, 0.3) is 5.91 Å². The summed E-state index contributed by atoms with van der Waals surface area (Å²) in [6.45, 7) is 5.13. The number of nitrogens with zero attached hydrogens (tertiary/aromatic N) is 3. The molecule has 0 aromatic carbocycles. The number of carbonyl (C=O) groups excluding carboxylic acids is 1. The molecule has 0 bridgehead atoms. The number of pyridine rings is 1. The van der Waals surface area contributed by atoms with Crippen LogP contribution in [0.15, 0.2) is 18.2 Å². The minimum Gasteiger partial charge on any atom is -0.375 e. The summed E-state index contributed by atoms with van der Waals surface area (Å²) >= 11 is 0. The van der Waals surface area contributed by atoms with Crippen LogP contribution in [0.3, 0.4) is 0 Å². The van der Waals surface area contributed by atoms with Gasteiger partial charge in [-0.1, -0.05) is 6.07 Å². The highest BCUT2D eigenvalue weighted by Gasteiger charge is 2.37. The molecule has 5 heteroatoms. The van der Waals surface area contributed by atoms with Gasteiger partial charge < -0.3 is 9.64 Å². The molecule has 2 fully saturated rings. The number of aryl methyl sites for hydroxylation is 1. The fourth-order valence-electron chi connectivity index (χ4n) is 3.05. The number of hydrogen-bond acceptors (Lipinski definition) is 4. The van der Waals surface area contributed by atoms with Gasteiger partial charge in [0, 0.05) is 25.3 Å². The molecule has 3 rings (SSSR count). The first-order valence-electron chi connectivity index (χ1n) is 7.20. The lowest BCUT2D eigenvalue weighted by Gasteiger charge is -2.45. The Morgan fingerprint density at radius 3 is 3.05 bits per heavy atom. The SMILES string of the molecule is Cc1cccc(C(=O)N2CC[C@@H]3OCCN(C)[C@H]3C2)n1.